The van der Waals surface area contributed by atoms with Crippen molar-refractivity contribution in [3.05, 3.63) is 78.0 Å². The van der Waals surface area contributed by atoms with Gasteiger partial charge in [0, 0.05) is 49.2 Å². The molecule has 0 aliphatic carbocycles. The number of aliphatic hydroxyl groups is 1. The van der Waals surface area contributed by atoms with E-state index in [0.29, 0.717) is 36.9 Å². The SMILES string of the molecule is COc1ccnc(Nc2ccc(C(=O)NC[C@H]3C[C@@H](O)CN3Cc3ccccc3)cc2)n1. The second-order valence-electron chi connectivity index (χ2n) is 7.79. The maximum Gasteiger partial charge on any atom is 0.251 e. The number of rotatable bonds is 8. The van der Waals surface area contributed by atoms with Crippen molar-refractivity contribution in [2.75, 3.05) is 25.5 Å². The molecule has 2 aromatic carbocycles. The molecule has 2 heterocycles. The molecule has 3 N–H and O–H groups in total. The second kappa shape index (κ2) is 10.2. The van der Waals surface area contributed by atoms with Gasteiger partial charge in [-0.3, -0.25) is 9.69 Å². The molecule has 1 aliphatic rings. The monoisotopic (exact) mass is 433 g/mol. The van der Waals surface area contributed by atoms with Gasteiger partial charge in [-0.1, -0.05) is 30.3 Å². The van der Waals surface area contributed by atoms with Crippen molar-refractivity contribution in [3.63, 3.8) is 0 Å². The van der Waals surface area contributed by atoms with Crippen LogP contribution in [0.15, 0.2) is 66.9 Å². The first-order valence-corrected chi connectivity index (χ1v) is 10.6. The van der Waals surface area contributed by atoms with Crippen LogP contribution in [0.4, 0.5) is 11.6 Å². The van der Waals surface area contributed by atoms with Gasteiger partial charge in [-0.25, -0.2) is 4.98 Å². The maximum atomic E-state index is 12.6. The lowest BCUT2D eigenvalue weighted by atomic mass is 10.1. The van der Waals surface area contributed by atoms with E-state index in [0.717, 1.165) is 12.2 Å². The standard InChI is InChI=1S/C24H27N5O3/c1-32-22-11-12-25-24(28-22)27-19-9-7-18(8-10-19)23(31)26-14-20-13-21(30)16-29(20)15-17-5-3-2-4-6-17/h2-12,20-21,30H,13-16H2,1H3,(H,26,31)(H,25,27,28)/t20-,21-/m1/s1. The number of anilines is 2. The number of hydrogen-bond donors (Lipinski definition) is 3. The molecule has 4 rings (SSSR count). The zero-order valence-corrected chi connectivity index (χ0v) is 17.9. The third-order valence-corrected chi connectivity index (χ3v) is 5.47. The average molecular weight is 434 g/mol. The molecular weight excluding hydrogens is 406 g/mol. The van der Waals surface area contributed by atoms with Gasteiger partial charge < -0.3 is 20.5 Å². The number of nitrogens with one attached hydrogen (secondary N) is 2. The molecule has 1 aromatic heterocycles. The average Bonchev–Trinajstić information content (AvgIpc) is 3.17. The summed E-state index contributed by atoms with van der Waals surface area (Å²) in [6, 6.07) is 19.0. The Bertz CT molecular complexity index is 1030. The van der Waals surface area contributed by atoms with Crippen LogP contribution in [-0.2, 0) is 6.54 Å². The normalized spacial score (nSPS) is 18.3. The maximum absolute atomic E-state index is 12.6. The lowest BCUT2D eigenvalue weighted by Gasteiger charge is -2.24. The van der Waals surface area contributed by atoms with Crippen LogP contribution in [0.3, 0.4) is 0 Å². The molecule has 0 bridgehead atoms. The Morgan fingerprint density at radius 2 is 1.94 bits per heavy atom. The summed E-state index contributed by atoms with van der Waals surface area (Å²) in [4.78, 5) is 23.2. The third kappa shape index (κ3) is 5.60. The molecule has 1 amide bonds. The van der Waals surface area contributed by atoms with Crippen molar-refractivity contribution in [1.82, 2.24) is 20.2 Å². The highest BCUT2D eigenvalue weighted by molar-refractivity contribution is 5.94. The van der Waals surface area contributed by atoms with Crippen molar-refractivity contribution in [3.8, 4) is 5.88 Å². The molecule has 1 saturated heterocycles. The lowest BCUT2D eigenvalue weighted by molar-refractivity contribution is 0.0940. The topological polar surface area (TPSA) is 99.6 Å². The molecule has 0 spiro atoms. The number of amides is 1. The van der Waals surface area contributed by atoms with Gasteiger partial charge in [0.15, 0.2) is 0 Å². The molecule has 8 heteroatoms. The highest BCUT2D eigenvalue weighted by Crippen LogP contribution is 2.21. The van der Waals surface area contributed by atoms with Crippen LogP contribution >= 0.6 is 0 Å². The summed E-state index contributed by atoms with van der Waals surface area (Å²) in [6.45, 7) is 1.85. The lowest BCUT2D eigenvalue weighted by Crippen LogP contribution is -2.39. The number of hydrogen-bond acceptors (Lipinski definition) is 7. The predicted molar refractivity (Wildman–Crippen MR) is 122 cm³/mol. The summed E-state index contributed by atoms with van der Waals surface area (Å²) in [7, 11) is 1.55. The van der Waals surface area contributed by atoms with E-state index in [1.54, 1.807) is 43.6 Å². The molecule has 0 radical (unpaired) electrons. The number of ether oxygens (including phenoxy) is 1. The van der Waals surface area contributed by atoms with Gasteiger partial charge in [0.25, 0.3) is 5.91 Å². The van der Waals surface area contributed by atoms with Crippen LogP contribution in [0.25, 0.3) is 0 Å². The Hall–Kier alpha value is -3.49. The number of aromatic nitrogens is 2. The summed E-state index contributed by atoms with van der Waals surface area (Å²) >= 11 is 0. The van der Waals surface area contributed by atoms with Gasteiger partial charge in [0.05, 0.1) is 13.2 Å². The molecule has 32 heavy (non-hydrogen) atoms. The van der Waals surface area contributed by atoms with Crippen LogP contribution < -0.4 is 15.4 Å². The van der Waals surface area contributed by atoms with Gasteiger partial charge in [0.1, 0.15) is 0 Å². The zero-order valence-electron chi connectivity index (χ0n) is 17.9. The Morgan fingerprint density at radius 1 is 1.16 bits per heavy atom. The molecule has 0 saturated carbocycles. The summed E-state index contributed by atoms with van der Waals surface area (Å²) in [6.07, 6.45) is 1.89. The predicted octanol–water partition coefficient (Wildman–Crippen LogP) is 2.59. The highest BCUT2D eigenvalue weighted by Gasteiger charge is 2.31. The van der Waals surface area contributed by atoms with Gasteiger partial charge in [0.2, 0.25) is 11.8 Å². The largest absolute Gasteiger partial charge is 0.481 e. The third-order valence-electron chi connectivity index (χ3n) is 5.47. The molecule has 3 aromatic rings. The van der Waals surface area contributed by atoms with Crippen molar-refractivity contribution in [2.24, 2.45) is 0 Å². The number of methoxy groups -OCH3 is 1. The van der Waals surface area contributed by atoms with E-state index < -0.39 is 0 Å². The smallest absolute Gasteiger partial charge is 0.251 e. The van der Waals surface area contributed by atoms with Crippen molar-refractivity contribution in [2.45, 2.75) is 25.1 Å². The van der Waals surface area contributed by atoms with Gasteiger partial charge in [-0.2, -0.15) is 4.98 Å². The van der Waals surface area contributed by atoms with E-state index in [2.05, 4.69) is 37.6 Å². The quantitative estimate of drug-likeness (QED) is 0.502. The van der Waals surface area contributed by atoms with E-state index >= 15 is 0 Å². The molecule has 8 nitrogen and oxygen atoms in total. The Kier molecular flexibility index (Phi) is 6.94. The van der Waals surface area contributed by atoms with Crippen molar-refractivity contribution < 1.29 is 14.6 Å². The number of carbonyl (C=O) groups is 1. The fourth-order valence-corrected chi connectivity index (χ4v) is 3.84. The fraction of sp³-hybridized carbons (Fsp3) is 0.292. The van der Waals surface area contributed by atoms with E-state index in [-0.39, 0.29) is 18.1 Å². The number of β-amino-alcohol motifs (C(OH)–C–C–N with tert-alkyl or cyclic N) is 1. The molecule has 1 aliphatic heterocycles. The Morgan fingerprint density at radius 3 is 2.69 bits per heavy atom. The molecule has 1 fully saturated rings. The molecule has 2 atom stereocenters. The molecule has 166 valence electrons. The number of likely N-dealkylation sites (tertiary alicyclic amines) is 1. The number of aliphatic hydroxyl groups excluding tert-OH is 1. The number of carbonyl (C=O) groups excluding carboxylic acids is 1. The van der Waals surface area contributed by atoms with Crippen molar-refractivity contribution >= 4 is 17.5 Å². The van der Waals surface area contributed by atoms with Crippen LogP contribution in [0.1, 0.15) is 22.3 Å². The van der Waals surface area contributed by atoms with Crippen LogP contribution in [0.5, 0.6) is 5.88 Å². The number of nitrogens with zero attached hydrogens (tertiary/aromatic N) is 3. The van der Waals surface area contributed by atoms with Crippen molar-refractivity contribution in [1.29, 1.82) is 0 Å². The fourth-order valence-electron chi connectivity index (χ4n) is 3.84. The van der Waals surface area contributed by atoms with E-state index in [4.69, 9.17) is 4.74 Å². The van der Waals surface area contributed by atoms with Gasteiger partial charge in [-0.05, 0) is 36.2 Å². The minimum atomic E-state index is -0.371. The molecular formula is C24H27N5O3. The van der Waals surface area contributed by atoms with E-state index in [1.165, 1.54) is 5.56 Å². The minimum absolute atomic E-state index is 0.0975. The van der Waals surface area contributed by atoms with Crippen LogP contribution in [-0.4, -0.2) is 58.2 Å². The summed E-state index contributed by atoms with van der Waals surface area (Å²) in [5.74, 6) is 0.743. The van der Waals surface area contributed by atoms with Gasteiger partial charge in [-0.15, -0.1) is 0 Å². The minimum Gasteiger partial charge on any atom is -0.481 e. The highest BCUT2D eigenvalue weighted by atomic mass is 16.5. The first-order valence-electron chi connectivity index (χ1n) is 10.6. The first kappa shape index (κ1) is 21.7. The molecule has 0 unspecified atom stereocenters. The second-order valence-corrected chi connectivity index (χ2v) is 7.79. The van der Waals surface area contributed by atoms with E-state index in [1.807, 2.05) is 18.2 Å². The Labute approximate surface area is 187 Å². The van der Waals surface area contributed by atoms with E-state index in [9.17, 15) is 9.90 Å². The summed E-state index contributed by atoms with van der Waals surface area (Å²) in [5, 5.41) is 16.2. The zero-order chi connectivity index (χ0) is 22.3. The number of benzene rings is 2. The summed E-state index contributed by atoms with van der Waals surface area (Å²) in [5.41, 5.74) is 2.53. The van der Waals surface area contributed by atoms with Crippen LogP contribution in [0.2, 0.25) is 0 Å². The Balaban J connectivity index is 1.32. The first-order chi connectivity index (χ1) is 15.6. The van der Waals surface area contributed by atoms with Gasteiger partial charge >= 0.3 is 0 Å². The van der Waals surface area contributed by atoms with Crippen LogP contribution in [0, 0.1) is 0 Å². The summed E-state index contributed by atoms with van der Waals surface area (Å²) < 4.78 is 5.10.